The van der Waals surface area contributed by atoms with E-state index in [9.17, 15) is 8.78 Å². The average molecular weight is 268 g/mol. The van der Waals surface area contributed by atoms with Gasteiger partial charge in [0.05, 0.1) is 5.69 Å². The van der Waals surface area contributed by atoms with Gasteiger partial charge >= 0.3 is 0 Å². The Kier molecular flexibility index (Phi) is 4.09. The van der Waals surface area contributed by atoms with Crippen LogP contribution in [0.4, 0.5) is 14.5 Å². The lowest BCUT2D eigenvalue weighted by Gasteiger charge is -2.43. The van der Waals surface area contributed by atoms with E-state index in [2.05, 4.69) is 26.1 Å². The molecule has 1 aromatic carbocycles. The molecule has 0 aromatic heterocycles. The molecule has 1 heterocycles. The Morgan fingerprint density at radius 3 is 2.58 bits per heavy atom. The molecule has 0 bridgehead atoms. The molecule has 19 heavy (non-hydrogen) atoms. The minimum atomic E-state index is -0.343. The molecule has 1 aliphatic heterocycles. The predicted molar refractivity (Wildman–Crippen MR) is 74.5 cm³/mol. The molecule has 1 N–H and O–H groups in total. The van der Waals surface area contributed by atoms with E-state index < -0.39 is 0 Å². The number of hydrogen-bond donors (Lipinski definition) is 1. The van der Waals surface area contributed by atoms with E-state index in [0.29, 0.717) is 23.7 Å². The van der Waals surface area contributed by atoms with Crippen LogP contribution in [0.3, 0.4) is 0 Å². The fraction of sp³-hybridized carbons (Fsp3) is 0.600. The Balaban J connectivity index is 2.38. The number of anilines is 1. The summed E-state index contributed by atoms with van der Waals surface area (Å²) in [4.78, 5) is 2.00. The third-order valence-corrected chi connectivity index (χ3v) is 3.85. The van der Waals surface area contributed by atoms with Crippen LogP contribution in [0.15, 0.2) is 12.1 Å². The molecule has 2 rings (SSSR count). The normalized spacial score (nSPS) is 24.1. The van der Waals surface area contributed by atoms with E-state index in [-0.39, 0.29) is 23.7 Å². The Labute approximate surface area is 113 Å². The van der Waals surface area contributed by atoms with E-state index in [4.69, 9.17) is 0 Å². The first-order valence-corrected chi connectivity index (χ1v) is 6.85. The van der Waals surface area contributed by atoms with Gasteiger partial charge in [0.2, 0.25) is 0 Å². The second-order valence-corrected chi connectivity index (χ2v) is 5.83. The van der Waals surface area contributed by atoms with Crippen molar-refractivity contribution >= 4 is 5.69 Å². The Morgan fingerprint density at radius 2 is 1.95 bits per heavy atom. The highest BCUT2D eigenvalue weighted by atomic mass is 19.1. The summed E-state index contributed by atoms with van der Waals surface area (Å²) >= 11 is 0. The molecule has 0 amide bonds. The highest BCUT2D eigenvalue weighted by Gasteiger charge is 2.30. The third kappa shape index (κ3) is 2.89. The van der Waals surface area contributed by atoms with Gasteiger partial charge in [-0.25, -0.2) is 8.78 Å². The van der Waals surface area contributed by atoms with E-state index in [1.807, 2.05) is 4.90 Å². The smallest absolute Gasteiger partial charge is 0.146 e. The van der Waals surface area contributed by atoms with Gasteiger partial charge < -0.3 is 10.2 Å². The van der Waals surface area contributed by atoms with Crippen LogP contribution in [0.1, 0.15) is 26.3 Å². The van der Waals surface area contributed by atoms with Gasteiger partial charge in [0.15, 0.2) is 0 Å². The molecular weight excluding hydrogens is 246 g/mol. The van der Waals surface area contributed by atoms with Crippen molar-refractivity contribution in [2.24, 2.45) is 5.92 Å². The fourth-order valence-corrected chi connectivity index (χ4v) is 2.66. The summed E-state index contributed by atoms with van der Waals surface area (Å²) in [5, 5.41) is 3.40. The van der Waals surface area contributed by atoms with Crippen LogP contribution < -0.4 is 10.2 Å². The van der Waals surface area contributed by atoms with Gasteiger partial charge in [-0.2, -0.15) is 0 Å². The standard InChI is InChI=1S/C15H22F2N2/c1-9(2)15-7-18-11(4)8-19(15)14-6-12(16)10(3)5-13(14)17/h5-6,9,11,15,18H,7-8H2,1-4H3. The van der Waals surface area contributed by atoms with Crippen LogP contribution in [0.25, 0.3) is 0 Å². The second kappa shape index (κ2) is 5.45. The highest BCUT2D eigenvalue weighted by Crippen LogP contribution is 2.28. The van der Waals surface area contributed by atoms with Gasteiger partial charge in [0.1, 0.15) is 11.6 Å². The molecular formula is C15H22F2N2. The van der Waals surface area contributed by atoms with Crippen molar-refractivity contribution in [2.45, 2.75) is 39.8 Å². The van der Waals surface area contributed by atoms with Crippen molar-refractivity contribution in [1.29, 1.82) is 0 Å². The number of halogens is 2. The lowest BCUT2D eigenvalue weighted by molar-refractivity contribution is 0.346. The van der Waals surface area contributed by atoms with Crippen molar-refractivity contribution in [3.05, 3.63) is 29.3 Å². The van der Waals surface area contributed by atoms with Crippen LogP contribution in [-0.4, -0.2) is 25.2 Å². The molecule has 4 heteroatoms. The molecule has 2 atom stereocenters. The molecule has 0 spiro atoms. The summed E-state index contributed by atoms with van der Waals surface area (Å²) in [5.41, 5.74) is 0.737. The predicted octanol–water partition coefficient (Wildman–Crippen LogP) is 3.10. The quantitative estimate of drug-likeness (QED) is 0.886. The largest absolute Gasteiger partial charge is 0.363 e. The van der Waals surface area contributed by atoms with Crippen molar-refractivity contribution < 1.29 is 8.78 Å². The summed E-state index contributed by atoms with van der Waals surface area (Å²) in [6, 6.07) is 3.08. The van der Waals surface area contributed by atoms with Crippen LogP contribution in [0.5, 0.6) is 0 Å². The van der Waals surface area contributed by atoms with Gasteiger partial charge in [-0.15, -0.1) is 0 Å². The van der Waals surface area contributed by atoms with Crippen LogP contribution in [0, 0.1) is 24.5 Å². The lowest BCUT2D eigenvalue weighted by Crippen LogP contribution is -2.57. The molecule has 2 unspecified atom stereocenters. The second-order valence-electron chi connectivity index (χ2n) is 5.83. The Bertz CT molecular complexity index is 460. The average Bonchev–Trinajstić information content (AvgIpc) is 2.33. The first-order valence-electron chi connectivity index (χ1n) is 6.85. The third-order valence-electron chi connectivity index (χ3n) is 3.85. The molecule has 0 saturated carbocycles. The van der Waals surface area contributed by atoms with Crippen molar-refractivity contribution in [1.82, 2.24) is 5.32 Å². The minimum Gasteiger partial charge on any atom is -0.363 e. The SMILES string of the molecule is Cc1cc(F)c(N2CC(C)NCC2C(C)C)cc1F. The first kappa shape index (κ1) is 14.3. The number of aryl methyl sites for hydroxylation is 1. The Hall–Kier alpha value is -1.16. The number of rotatable bonds is 2. The summed E-state index contributed by atoms with van der Waals surface area (Å²) in [6.45, 7) is 9.36. The molecule has 1 aliphatic rings. The molecule has 1 fully saturated rings. The fourth-order valence-electron chi connectivity index (χ4n) is 2.66. The van der Waals surface area contributed by atoms with Crippen LogP contribution >= 0.6 is 0 Å². The maximum atomic E-state index is 14.2. The Morgan fingerprint density at radius 1 is 1.26 bits per heavy atom. The summed E-state index contributed by atoms with van der Waals surface area (Å²) in [6.07, 6.45) is 0. The first-order chi connectivity index (χ1) is 8.90. The van der Waals surface area contributed by atoms with E-state index in [0.717, 1.165) is 6.54 Å². The molecule has 1 aromatic rings. The number of nitrogens with zero attached hydrogens (tertiary/aromatic N) is 1. The molecule has 1 saturated heterocycles. The van der Waals surface area contributed by atoms with E-state index in [1.165, 1.54) is 12.1 Å². The van der Waals surface area contributed by atoms with E-state index in [1.54, 1.807) is 6.92 Å². The van der Waals surface area contributed by atoms with Gasteiger partial charge in [0, 0.05) is 31.2 Å². The molecule has 0 radical (unpaired) electrons. The van der Waals surface area contributed by atoms with Crippen molar-refractivity contribution in [3.8, 4) is 0 Å². The van der Waals surface area contributed by atoms with Crippen molar-refractivity contribution in [2.75, 3.05) is 18.0 Å². The number of nitrogens with one attached hydrogen (secondary N) is 1. The number of benzene rings is 1. The monoisotopic (exact) mass is 268 g/mol. The van der Waals surface area contributed by atoms with Crippen LogP contribution in [0.2, 0.25) is 0 Å². The van der Waals surface area contributed by atoms with Crippen LogP contribution in [-0.2, 0) is 0 Å². The highest BCUT2D eigenvalue weighted by molar-refractivity contribution is 5.51. The topological polar surface area (TPSA) is 15.3 Å². The van der Waals surface area contributed by atoms with Crippen molar-refractivity contribution in [3.63, 3.8) is 0 Å². The minimum absolute atomic E-state index is 0.188. The molecule has 0 aliphatic carbocycles. The molecule has 106 valence electrons. The summed E-state index contributed by atoms with van der Waals surface area (Å²) in [7, 11) is 0. The van der Waals surface area contributed by atoms with Gasteiger partial charge in [0.25, 0.3) is 0 Å². The number of hydrogen-bond acceptors (Lipinski definition) is 2. The zero-order chi connectivity index (χ0) is 14.2. The zero-order valence-electron chi connectivity index (χ0n) is 12.0. The summed E-state index contributed by atoms with van der Waals surface area (Å²) in [5.74, 6) is -0.299. The maximum absolute atomic E-state index is 14.2. The molecule has 2 nitrogen and oxygen atoms in total. The lowest BCUT2D eigenvalue weighted by atomic mass is 9.97. The number of piperazine rings is 1. The van der Waals surface area contributed by atoms with Gasteiger partial charge in [-0.3, -0.25) is 0 Å². The van der Waals surface area contributed by atoms with Gasteiger partial charge in [-0.1, -0.05) is 13.8 Å². The van der Waals surface area contributed by atoms with E-state index >= 15 is 0 Å². The summed E-state index contributed by atoms with van der Waals surface area (Å²) < 4.78 is 27.9. The maximum Gasteiger partial charge on any atom is 0.146 e. The zero-order valence-corrected chi connectivity index (χ0v) is 12.0. The van der Waals surface area contributed by atoms with Gasteiger partial charge in [-0.05, 0) is 31.4 Å².